The molecule has 1 aromatic carbocycles. The Morgan fingerprint density at radius 1 is 1.22 bits per heavy atom. The standard InChI is InChI=1S/C16H28N2/c1-7-16(4,5)18(6)15(11-17)14-9-8-12(2)13(3)10-14/h8-10,15H,7,11,17H2,1-6H3. The number of hydrogen-bond acceptors (Lipinski definition) is 2. The van der Waals surface area contributed by atoms with E-state index in [0.29, 0.717) is 12.6 Å². The van der Waals surface area contributed by atoms with Gasteiger partial charge in [0.1, 0.15) is 0 Å². The smallest absolute Gasteiger partial charge is 0.0472 e. The van der Waals surface area contributed by atoms with Crippen molar-refractivity contribution in [1.29, 1.82) is 0 Å². The molecule has 0 aliphatic heterocycles. The molecule has 0 spiro atoms. The first-order valence-electron chi connectivity index (χ1n) is 6.83. The van der Waals surface area contributed by atoms with Crippen LogP contribution < -0.4 is 5.73 Å². The zero-order valence-corrected chi connectivity index (χ0v) is 12.7. The largest absolute Gasteiger partial charge is 0.329 e. The van der Waals surface area contributed by atoms with Crippen molar-refractivity contribution in [3.63, 3.8) is 0 Å². The summed E-state index contributed by atoms with van der Waals surface area (Å²) in [5, 5.41) is 0. The molecule has 1 atom stereocenters. The van der Waals surface area contributed by atoms with E-state index in [4.69, 9.17) is 5.73 Å². The van der Waals surface area contributed by atoms with Gasteiger partial charge in [-0.2, -0.15) is 0 Å². The highest BCUT2D eigenvalue weighted by Crippen LogP contribution is 2.28. The maximum atomic E-state index is 6.00. The van der Waals surface area contributed by atoms with Crippen LogP contribution in [0.15, 0.2) is 18.2 Å². The molecule has 0 aliphatic carbocycles. The topological polar surface area (TPSA) is 29.3 Å². The fourth-order valence-electron chi connectivity index (χ4n) is 2.16. The molecule has 0 fully saturated rings. The minimum Gasteiger partial charge on any atom is -0.329 e. The van der Waals surface area contributed by atoms with Crippen molar-refractivity contribution in [3.8, 4) is 0 Å². The quantitative estimate of drug-likeness (QED) is 0.865. The second-order valence-electron chi connectivity index (χ2n) is 5.87. The van der Waals surface area contributed by atoms with Crippen LogP contribution in [0.3, 0.4) is 0 Å². The fraction of sp³-hybridized carbons (Fsp3) is 0.625. The van der Waals surface area contributed by atoms with Gasteiger partial charge in [0, 0.05) is 18.1 Å². The minimum atomic E-state index is 0.169. The molecule has 0 aromatic heterocycles. The zero-order chi connectivity index (χ0) is 13.9. The molecular weight excluding hydrogens is 220 g/mol. The monoisotopic (exact) mass is 248 g/mol. The molecule has 2 heteroatoms. The Balaban J connectivity index is 3.06. The van der Waals surface area contributed by atoms with Gasteiger partial charge in [0.2, 0.25) is 0 Å². The molecular formula is C16H28N2. The molecule has 0 saturated heterocycles. The van der Waals surface area contributed by atoms with E-state index in [2.05, 4.69) is 64.8 Å². The van der Waals surface area contributed by atoms with Gasteiger partial charge in [-0.15, -0.1) is 0 Å². The van der Waals surface area contributed by atoms with Gasteiger partial charge >= 0.3 is 0 Å². The molecule has 18 heavy (non-hydrogen) atoms. The van der Waals surface area contributed by atoms with E-state index in [1.807, 2.05) is 0 Å². The van der Waals surface area contributed by atoms with Gasteiger partial charge in [-0.25, -0.2) is 0 Å². The average Bonchev–Trinajstić information content (AvgIpc) is 2.34. The number of nitrogens with two attached hydrogens (primary N) is 1. The van der Waals surface area contributed by atoms with Crippen molar-refractivity contribution in [3.05, 3.63) is 34.9 Å². The second kappa shape index (κ2) is 5.85. The molecule has 102 valence electrons. The van der Waals surface area contributed by atoms with Crippen molar-refractivity contribution in [2.24, 2.45) is 5.73 Å². The molecule has 0 aliphatic rings. The average molecular weight is 248 g/mol. The van der Waals surface area contributed by atoms with E-state index in [1.165, 1.54) is 16.7 Å². The molecule has 2 nitrogen and oxygen atoms in total. The summed E-state index contributed by atoms with van der Waals surface area (Å²) in [7, 11) is 2.18. The van der Waals surface area contributed by atoms with Crippen LogP contribution in [0.25, 0.3) is 0 Å². The molecule has 0 radical (unpaired) electrons. The highest BCUT2D eigenvalue weighted by molar-refractivity contribution is 5.32. The SMILES string of the molecule is CCC(C)(C)N(C)C(CN)c1ccc(C)c(C)c1. The molecule has 0 saturated carbocycles. The van der Waals surface area contributed by atoms with Gasteiger partial charge in [-0.1, -0.05) is 25.1 Å². The second-order valence-corrected chi connectivity index (χ2v) is 5.87. The van der Waals surface area contributed by atoms with Crippen molar-refractivity contribution >= 4 is 0 Å². The molecule has 1 unspecified atom stereocenters. The summed E-state index contributed by atoms with van der Waals surface area (Å²) in [6, 6.07) is 6.97. The Labute approximate surface area is 112 Å². The lowest BCUT2D eigenvalue weighted by molar-refractivity contribution is 0.100. The first-order valence-corrected chi connectivity index (χ1v) is 6.83. The lowest BCUT2D eigenvalue weighted by Gasteiger charge is -2.40. The van der Waals surface area contributed by atoms with Crippen LogP contribution in [0, 0.1) is 13.8 Å². The van der Waals surface area contributed by atoms with E-state index in [9.17, 15) is 0 Å². The Hall–Kier alpha value is -0.860. The van der Waals surface area contributed by atoms with E-state index in [-0.39, 0.29) is 5.54 Å². The van der Waals surface area contributed by atoms with Gasteiger partial charge < -0.3 is 5.73 Å². The Morgan fingerprint density at radius 3 is 2.28 bits per heavy atom. The number of likely N-dealkylation sites (N-methyl/N-ethyl adjacent to an activating group) is 1. The van der Waals surface area contributed by atoms with Crippen LogP contribution in [0.4, 0.5) is 0 Å². The lowest BCUT2D eigenvalue weighted by Crippen LogP contribution is -2.45. The number of benzene rings is 1. The van der Waals surface area contributed by atoms with Crippen molar-refractivity contribution < 1.29 is 0 Å². The molecule has 0 amide bonds. The summed E-state index contributed by atoms with van der Waals surface area (Å²) in [5.41, 5.74) is 10.2. The third-order valence-corrected chi connectivity index (χ3v) is 4.43. The van der Waals surface area contributed by atoms with Gasteiger partial charge in [0.25, 0.3) is 0 Å². The predicted molar refractivity (Wildman–Crippen MR) is 79.8 cm³/mol. The number of hydrogen-bond donors (Lipinski definition) is 1. The maximum Gasteiger partial charge on any atom is 0.0472 e. The molecule has 0 bridgehead atoms. The molecule has 2 N–H and O–H groups in total. The van der Waals surface area contributed by atoms with Crippen molar-refractivity contribution in [1.82, 2.24) is 4.90 Å². The summed E-state index contributed by atoms with van der Waals surface area (Å²) >= 11 is 0. The molecule has 1 rings (SSSR count). The van der Waals surface area contributed by atoms with Gasteiger partial charge in [0.15, 0.2) is 0 Å². The van der Waals surface area contributed by atoms with Crippen LogP contribution in [0.2, 0.25) is 0 Å². The third kappa shape index (κ3) is 3.12. The summed E-state index contributed by atoms with van der Waals surface area (Å²) in [5.74, 6) is 0. The maximum absolute atomic E-state index is 6.00. The fourth-order valence-corrected chi connectivity index (χ4v) is 2.16. The predicted octanol–water partition coefficient (Wildman–Crippen LogP) is 3.42. The van der Waals surface area contributed by atoms with Gasteiger partial charge in [-0.3, -0.25) is 4.90 Å². The lowest BCUT2D eigenvalue weighted by atomic mass is 9.93. The summed E-state index contributed by atoms with van der Waals surface area (Å²) in [6.07, 6.45) is 1.12. The van der Waals surface area contributed by atoms with Gasteiger partial charge in [-0.05, 0) is 57.9 Å². The number of rotatable bonds is 5. The Morgan fingerprint density at radius 2 is 1.83 bits per heavy atom. The van der Waals surface area contributed by atoms with E-state index < -0.39 is 0 Å². The third-order valence-electron chi connectivity index (χ3n) is 4.43. The van der Waals surface area contributed by atoms with Crippen molar-refractivity contribution in [2.45, 2.75) is 52.6 Å². The zero-order valence-electron chi connectivity index (χ0n) is 12.7. The highest BCUT2D eigenvalue weighted by atomic mass is 15.2. The van der Waals surface area contributed by atoms with Crippen LogP contribution >= 0.6 is 0 Å². The molecule has 0 heterocycles. The minimum absolute atomic E-state index is 0.169. The summed E-state index contributed by atoms with van der Waals surface area (Å²) in [4.78, 5) is 2.40. The van der Waals surface area contributed by atoms with Crippen molar-refractivity contribution in [2.75, 3.05) is 13.6 Å². The van der Waals surface area contributed by atoms with Crippen LogP contribution in [0.1, 0.15) is 49.9 Å². The van der Waals surface area contributed by atoms with Crippen LogP contribution in [-0.4, -0.2) is 24.0 Å². The first-order chi connectivity index (χ1) is 8.33. The number of nitrogens with zero attached hydrogens (tertiary/aromatic N) is 1. The van der Waals surface area contributed by atoms with E-state index >= 15 is 0 Å². The van der Waals surface area contributed by atoms with Gasteiger partial charge in [0.05, 0.1) is 0 Å². The number of aryl methyl sites for hydroxylation is 2. The van der Waals surface area contributed by atoms with E-state index in [0.717, 1.165) is 6.42 Å². The van der Waals surface area contributed by atoms with E-state index in [1.54, 1.807) is 0 Å². The Bertz CT molecular complexity index is 396. The highest BCUT2D eigenvalue weighted by Gasteiger charge is 2.28. The Kier molecular flexibility index (Phi) is 4.94. The molecule has 1 aromatic rings. The van der Waals surface area contributed by atoms with Crippen LogP contribution in [0.5, 0.6) is 0 Å². The van der Waals surface area contributed by atoms with Crippen LogP contribution in [-0.2, 0) is 0 Å². The normalized spacial score (nSPS) is 14.0. The summed E-state index contributed by atoms with van der Waals surface area (Å²) in [6.45, 7) is 11.7. The first kappa shape index (κ1) is 15.2. The summed E-state index contributed by atoms with van der Waals surface area (Å²) < 4.78 is 0.